The summed E-state index contributed by atoms with van der Waals surface area (Å²) in [5.41, 5.74) is 0.208. The van der Waals surface area contributed by atoms with Crippen molar-refractivity contribution in [2.45, 2.75) is 38.3 Å². The van der Waals surface area contributed by atoms with Crippen molar-refractivity contribution in [2.75, 3.05) is 20.1 Å². The first-order chi connectivity index (χ1) is 9.16. The number of nitrogens with one attached hydrogen (secondary N) is 1. The van der Waals surface area contributed by atoms with Crippen LogP contribution in [0.2, 0.25) is 0 Å². The SMILES string of the molecule is CN(CCNCc1cc(C(=O)O)co1)C1CCCC1. The third-order valence-corrected chi connectivity index (χ3v) is 3.79. The molecule has 1 aliphatic rings. The summed E-state index contributed by atoms with van der Waals surface area (Å²) in [5.74, 6) is -0.281. The molecular formula is C14H22N2O3. The second-order valence-corrected chi connectivity index (χ2v) is 5.20. The average Bonchev–Trinajstić information content (AvgIpc) is 3.05. The maximum atomic E-state index is 10.7. The zero-order valence-corrected chi connectivity index (χ0v) is 11.4. The molecule has 0 aromatic carbocycles. The maximum Gasteiger partial charge on any atom is 0.338 e. The number of furan rings is 1. The summed E-state index contributed by atoms with van der Waals surface area (Å²) >= 11 is 0. The molecule has 5 nitrogen and oxygen atoms in total. The van der Waals surface area contributed by atoms with Crippen molar-refractivity contribution in [1.29, 1.82) is 0 Å². The highest BCUT2D eigenvalue weighted by Crippen LogP contribution is 2.21. The Morgan fingerprint density at radius 2 is 2.26 bits per heavy atom. The van der Waals surface area contributed by atoms with E-state index in [0.29, 0.717) is 12.3 Å². The second-order valence-electron chi connectivity index (χ2n) is 5.20. The van der Waals surface area contributed by atoms with Crippen LogP contribution in [0.15, 0.2) is 16.7 Å². The van der Waals surface area contributed by atoms with E-state index in [1.165, 1.54) is 31.9 Å². The van der Waals surface area contributed by atoms with Crippen LogP contribution in [0, 0.1) is 0 Å². The van der Waals surface area contributed by atoms with E-state index >= 15 is 0 Å². The Morgan fingerprint density at radius 3 is 2.89 bits per heavy atom. The van der Waals surface area contributed by atoms with E-state index in [1.54, 1.807) is 6.07 Å². The van der Waals surface area contributed by atoms with Crippen LogP contribution in [0.5, 0.6) is 0 Å². The van der Waals surface area contributed by atoms with Gasteiger partial charge in [-0.05, 0) is 26.0 Å². The summed E-state index contributed by atoms with van der Waals surface area (Å²) in [5, 5.41) is 12.1. The molecular weight excluding hydrogens is 244 g/mol. The molecule has 0 aliphatic heterocycles. The molecule has 1 aromatic heterocycles. The van der Waals surface area contributed by atoms with E-state index < -0.39 is 5.97 Å². The van der Waals surface area contributed by atoms with Gasteiger partial charge in [0.25, 0.3) is 0 Å². The lowest BCUT2D eigenvalue weighted by molar-refractivity contribution is 0.0696. The standard InChI is InChI=1S/C14H22N2O3/c1-16(12-4-2-3-5-12)7-6-15-9-13-8-11(10-19-13)14(17)18/h8,10,12,15H,2-7,9H2,1H3,(H,17,18). The van der Waals surface area contributed by atoms with Crippen molar-refractivity contribution in [3.63, 3.8) is 0 Å². The minimum atomic E-state index is -0.948. The lowest BCUT2D eigenvalue weighted by atomic mass is 10.2. The molecule has 106 valence electrons. The van der Waals surface area contributed by atoms with Gasteiger partial charge in [-0.15, -0.1) is 0 Å². The smallest absolute Gasteiger partial charge is 0.338 e. The van der Waals surface area contributed by atoms with Gasteiger partial charge in [0.05, 0.1) is 12.1 Å². The summed E-state index contributed by atoms with van der Waals surface area (Å²) in [7, 11) is 2.17. The van der Waals surface area contributed by atoms with Gasteiger partial charge in [0, 0.05) is 19.1 Å². The summed E-state index contributed by atoms with van der Waals surface area (Å²) in [4.78, 5) is 13.1. The maximum absolute atomic E-state index is 10.7. The summed E-state index contributed by atoms with van der Waals surface area (Å²) in [6, 6.07) is 2.31. The number of likely N-dealkylation sites (N-methyl/N-ethyl adjacent to an activating group) is 1. The van der Waals surface area contributed by atoms with E-state index in [1.807, 2.05) is 0 Å². The zero-order chi connectivity index (χ0) is 13.7. The van der Waals surface area contributed by atoms with Crippen LogP contribution in [0.25, 0.3) is 0 Å². The molecule has 1 aromatic rings. The molecule has 2 N–H and O–H groups in total. The van der Waals surface area contributed by atoms with Gasteiger partial charge < -0.3 is 19.7 Å². The molecule has 0 unspecified atom stereocenters. The number of nitrogens with zero attached hydrogens (tertiary/aromatic N) is 1. The molecule has 0 bridgehead atoms. The average molecular weight is 266 g/mol. The third-order valence-electron chi connectivity index (χ3n) is 3.79. The molecule has 1 aliphatic carbocycles. The fraction of sp³-hybridized carbons (Fsp3) is 0.643. The molecule has 0 spiro atoms. The predicted octanol–water partition coefficient (Wildman–Crippen LogP) is 1.94. The topological polar surface area (TPSA) is 65.7 Å². The Balaban J connectivity index is 1.64. The number of carboxylic acids is 1. The lowest BCUT2D eigenvalue weighted by Crippen LogP contribution is -2.35. The summed E-state index contributed by atoms with van der Waals surface area (Å²) < 4.78 is 5.18. The first-order valence-electron chi connectivity index (χ1n) is 6.88. The van der Waals surface area contributed by atoms with E-state index in [0.717, 1.165) is 19.1 Å². The molecule has 0 saturated heterocycles. The Morgan fingerprint density at radius 1 is 1.53 bits per heavy atom. The van der Waals surface area contributed by atoms with Crippen LogP contribution < -0.4 is 5.32 Å². The molecule has 19 heavy (non-hydrogen) atoms. The molecule has 1 fully saturated rings. The van der Waals surface area contributed by atoms with Crippen LogP contribution in [0.1, 0.15) is 41.8 Å². The highest BCUT2D eigenvalue weighted by molar-refractivity contribution is 5.87. The molecule has 0 radical (unpaired) electrons. The zero-order valence-electron chi connectivity index (χ0n) is 11.4. The van der Waals surface area contributed by atoms with Crippen LogP contribution in [0.4, 0.5) is 0 Å². The van der Waals surface area contributed by atoms with E-state index in [9.17, 15) is 4.79 Å². The van der Waals surface area contributed by atoms with Crippen LogP contribution in [0.3, 0.4) is 0 Å². The van der Waals surface area contributed by atoms with Gasteiger partial charge in [-0.25, -0.2) is 4.79 Å². The Labute approximate surface area is 113 Å². The van der Waals surface area contributed by atoms with Crippen molar-refractivity contribution in [3.8, 4) is 0 Å². The third kappa shape index (κ3) is 4.08. The van der Waals surface area contributed by atoms with Crippen LogP contribution in [-0.4, -0.2) is 42.2 Å². The Hall–Kier alpha value is -1.33. The number of carbonyl (C=O) groups is 1. The molecule has 2 rings (SSSR count). The van der Waals surface area contributed by atoms with E-state index in [2.05, 4.69) is 17.3 Å². The number of hydrogen-bond acceptors (Lipinski definition) is 4. The predicted molar refractivity (Wildman–Crippen MR) is 72.3 cm³/mol. The van der Waals surface area contributed by atoms with Crippen molar-refractivity contribution < 1.29 is 14.3 Å². The van der Waals surface area contributed by atoms with Gasteiger partial charge in [0.15, 0.2) is 0 Å². The van der Waals surface area contributed by atoms with E-state index in [4.69, 9.17) is 9.52 Å². The number of rotatable bonds is 7. The van der Waals surface area contributed by atoms with Gasteiger partial charge >= 0.3 is 5.97 Å². The molecule has 0 amide bonds. The monoisotopic (exact) mass is 266 g/mol. The first-order valence-corrected chi connectivity index (χ1v) is 6.88. The summed E-state index contributed by atoms with van der Waals surface area (Å²) in [6.07, 6.45) is 6.62. The van der Waals surface area contributed by atoms with Crippen molar-refractivity contribution in [2.24, 2.45) is 0 Å². The van der Waals surface area contributed by atoms with Crippen molar-refractivity contribution in [1.82, 2.24) is 10.2 Å². The minimum Gasteiger partial charge on any atom is -0.478 e. The van der Waals surface area contributed by atoms with Crippen molar-refractivity contribution >= 4 is 5.97 Å². The van der Waals surface area contributed by atoms with Crippen molar-refractivity contribution in [3.05, 3.63) is 23.7 Å². The van der Waals surface area contributed by atoms with E-state index in [-0.39, 0.29) is 5.56 Å². The van der Waals surface area contributed by atoms with Crippen LogP contribution in [-0.2, 0) is 6.54 Å². The van der Waals surface area contributed by atoms with Crippen LogP contribution >= 0.6 is 0 Å². The summed E-state index contributed by atoms with van der Waals surface area (Å²) in [6.45, 7) is 2.47. The number of aromatic carboxylic acids is 1. The molecule has 1 saturated carbocycles. The normalized spacial score (nSPS) is 16.3. The molecule has 5 heteroatoms. The Kier molecular flexibility index (Phi) is 4.99. The lowest BCUT2D eigenvalue weighted by Gasteiger charge is -2.23. The highest BCUT2D eigenvalue weighted by Gasteiger charge is 2.18. The quantitative estimate of drug-likeness (QED) is 0.738. The fourth-order valence-corrected chi connectivity index (χ4v) is 2.58. The van der Waals surface area contributed by atoms with Gasteiger partial charge in [-0.3, -0.25) is 0 Å². The first kappa shape index (κ1) is 14.1. The molecule has 0 atom stereocenters. The minimum absolute atomic E-state index is 0.208. The van der Waals surface area contributed by atoms with Gasteiger partial charge in [-0.1, -0.05) is 12.8 Å². The highest BCUT2D eigenvalue weighted by atomic mass is 16.4. The number of carboxylic acid groups (broad SMARTS) is 1. The van der Waals surface area contributed by atoms with Gasteiger partial charge in [0.1, 0.15) is 12.0 Å². The molecule has 1 heterocycles. The van der Waals surface area contributed by atoms with Gasteiger partial charge in [0.2, 0.25) is 0 Å². The van der Waals surface area contributed by atoms with Gasteiger partial charge in [-0.2, -0.15) is 0 Å². The Bertz CT molecular complexity index is 411. The largest absolute Gasteiger partial charge is 0.478 e. The number of hydrogen-bond donors (Lipinski definition) is 2. The second kappa shape index (κ2) is 6.73. The fourth-order valence-electron chi connectivity index (χ4n) is 2.58.